The molecule has 2 aromatic heterocycles. The molecule has 0 saturated carbocycles. The summed E-state index contributed by atoms with van der Waals surface area (Å²) in [5.41, 5.74) is 6.37. The number of aromatic nitrogens is 2. The summed E-state index contributed by atoms with van der Waals surface area (Å²) in [6, 6.07) is 16.4. The molecule has 1 aliphatic heterocycles. The van der Waals surface area contributed by atoms with E-state index in [0.717, 1.165) is 33.8 Å². The number of rotatable bonds is 6. The smallest absolute Gasteiger partial charge is 0.338 e. The molecule has 0 unspecified atom stereocenters. The van der Waals surface area contributed by atoms with Crippen molar-refractivity contribution in [2.75, 3.05) is 13.7 Å². The molecule has 3 heterocycles. The average Bonchev–Trinajstić information content (AvgIpc) is 3.41. The number of hydrogen-bond acceptors (Lipinski definition) is 7. The topological polar surface area (TPSA) is 91.9 Å². The molecule has 0 fully saturated rings. The van der Waals surface area contributed by atoms with Crippen molar-refractivity contribution in [2.24, 2.45) is 4.99 Å². The highest BCUT2D eigenvalue weighted by Crippen LogP contribution is 2.31. The lowest BCUT2D eigenvalue weighted by molar-refractivity contribution is -0.139. The van der Waals surface area contributed by atoms with Gasteiger partial charge in [-0.05, 0) is 75.6 Å². The van der Waals surface area contributed by atoms with E-state index in [1.165, 1.54) is 18.4 Å². The highest BCUT2D eigenvalue weighted by molar-refractivity contribution is 7.07. The van der Waals surface area contributed by atoms with Crippen molar-refractivity contribution in [3.05, 3.63) is 119 Å². The van der Waals surface area contributed by atoms with Gasteiger partial charge in [-0.1, -0.05) is 47.7 Å². The molecule has 0 amide bonds. The van der Waals surface area contributed by atoms with Gasteiger partial charge in [-0.2, -0.15) is 0 Å². The number of thiazole rings is 1. The van der Waals surface area contributed by atoms with Crippen LogP contribution in [0.15, 0.2) is 75.7 Å². The number of nitrogens with zero attached hydrogens (tertiary/aromatic N) is 3. The van der Waals surface area contributed by atoms with Crippen LogP contribution in [0.4, 0.5) is 0 Å². The van der Waals surface area contributed by atoms with Crippen LogP contribution >= 0.6 is 11.3 Å². The van der Waals surface area contributed by atoms with Crippen molar-refractivity contribution in [2.45, 2.75) is 40.7 Å². The molecular weight excluding hydrogens is 538 g/mol. The van der Waals surface area contributed by atoms with Gasteiger partial charge in [-0.15, -0.1) is 0 Å². The molecule has 1 atom stereocenters. The Morgan fingerprint density at radius 3 is 2.44 bits per heavy atom. The van der Waals surface area contributed by atoms with Gasteiger partial charge in [0.2, 0.25) is 0 Å². The van der Waals surface area contributed by atoms with Crippen molar-refractivity contribution < 1.29 is 19.1 Å². The van der Waals surface area contributed by atoms with E-state index >= 15 is 0 Å². The Bertz CT molecular complexity index is 1890. The van der Waals surface area contributed by atoms with E-state index in [4.69, 9.17) is 9.47 Å². The maximum absolute atomic E-state index is 14.0. The van der Waals surface area contributed by atoms with E-state index in [1.807, 2.05) is 75.4 Å². The zero-order valence-corrected chi connectivity index (χ0v) is 24.7. The molecule has 0 radical (unpaired) electrons. The molecule has 2 aromatic carbocycles. The molecule has 9 heteroatoms. The van der Waals surface area contributed by atoms with Crippen LogP contribution in [0, 0.1) is 20.8 Å². The molecule has 8 nitrogen and oxygen atoms in total. The van der Waals surface area contributed by atoms with Crippen molar-refractivity contribution in [1.82, 2.24) is 9.13 Å². The Morgan fingerprint density at radius 2 is 1.76 bits per heavy atom. The van der Waals surface area contributed by atoms with Crippen molar-refractivity contribution in [3.63, 3.8) is 0 Å². The monoisotopic (exact) mass is 569 g/mol. The van der Waals surface area contributed by atoms with Crippen LogP contribution in [0.2, 0.25) is 0 Å². The van der Waals surface area contributed by atoms with Crippen LogP contribution in [-0.4, -0.2) is 34.8 Å². The minimum Gasteiger partial charge on any atom is -0.465 e. The standard InChI is InChI=1S/C32H31N3O5S/c1-7-40-31(38)27-20(4)33-32-35(28(27)22-12-9-8-10-13-22)29(36)26(41-32)17-23-16-18(2)34(21(23)5)25-15-11-14-24(19(25)3)30(37)39-6/h8-17,28H,7H2,1-6H3/b26-17+/t28-/m1/s1. The molecule has 210 valence electrons. The minimum atomic E-state index is -0.648. The van der Waals surface area contributed by atoms with E-state index in [1.54, 1.807) is 24.5 Å². The largest absolute Gasteiger partial charge is 0.465 e. The van der Waals surface area contributed by atoms with Gasteiger partial charge in [0.05, 0.1) is 41.1 Å². The van der Waals surface area contributed by atoms with Gasteiger partial charge in [-0.3, -0.25) is 9.36 Å². The molecular formula is C32H31N3O5S. The van der Waals surface area contributed by atoms with E-state index in [-0.39, 0.29) is 12.2 Å². The number of hydrogen-bond donors (Lipinski definition) is 0. The summed E-state index contributed by atoms with van der Waals surface area (Å²) < 4.78 is 14.5. The van der Waals surface area contributed by atoms with Crippen LogP contribution < -0.4 is 14.9 Å². The molecule has 5 rings (SSSR count). The Labute approximate surface area is 241 Å². The molecule has 41 heavy (non-hydrogen) atoms. The van der Waals surface area contributed by atoms with E-state index < -0.39 is 18.0 Å². The zero-order valence-electron chi connectivity index (χ0n) is 23.8. The lowest BCUT2D eigenvalue weighted by Crippen LogP contribution is -2.39. The number of benzene rings is 2. The number of fused-ring (bicyclic) bond motifs is 1. The summed E-state index contributed by atoms with van der Waals surface area (Å²) in [4.78, 5) is 44.5. The second-order valence-electron chi connectivity index (χ2n) is 9.82. The molecule has 1 aliphatic rings. The van der Waals surface area contributed by atoms with Crippen molar-refractivity contribution >= 4 is 29.4 Å². The Morgan fingerprint density at radius 1 is 1.02 bits per heavy atom. The van der Waals surface area contributed by atoms with Crippen LogP contribution in [0.5, 0.6) is 0 Å². The minimum absolute atomic E-state index is 0.221. The maximum Gasteiger partial charge on any atom is 0.338 e. The van der Waals surface area contributed by atoms with Gasteiger partial charge in [-0.25, -0.2) is 14.6 Å². The summed E-state index contributed by atoms with van der Waals surface area (Å²) in [5, 5.41) is 0. The number of esters is 2. The number of ether oxygens (including phenoxy) is 2. The first-order valence-electron chi connectivity index (χ1n) is 13.3. The van der Waals surface area contributed by atoms with E-state index in [9.17, 15) is 14.4 Å². The first-order valence-corrected chi connectivity index (χ1v) is 14.1. The highest BCUT2D eigenvalue weighted by Gasteiger charge is 2.33. The normalized spacial score (nSPS) is 15.0. The fourth-order valence-corrected chi connectivity index (χ4v) is 6.42. The predicted molar refractivity (Wildman–Crippen MR) is 158 cm³/mol. The van der Waals surface area contributed by atoms with Gasteiger partial charge in [0, 0.05) is 17.1 Å². The summed E-state index contributed by atoms with van der Waals surface area (Å²) in [5.74, 6) is -0.872. The SMILES string of the molecule is CCOC(=O)C1=C(C)N=c2s/c(=C/c3cc(C)n(-c4cccc(C(=O)OC)c4C)c3C)c(=O)n2[C@@H]1c1ccccc1. The Hall–Kier alpha value is -4.50. The fraction of sp³-hybridized carbons (Fsp3) is 0.250. The van der Waals surface area contributed by atoms with Crippen LogP contribution in [0.1, 0.15) is 58.3 Å². The third-order valence-electron chi connectivity index (χ3n) is 7.34. The summed E-state index contributed by atoms with van der Waals surface area (Å²) in [6.45, 7) is 9.61. The second kappa shape index (κ2) is 11.2. The molecule has 4 aromatic rings. The second-order valence-corrected chi connectivity index (χ2v) is 10.8. The first-order chi connectivity index (χ1) is 19.7. The van der Waals surface area contributed by atoms with Crippen LogP contribution in [-0.2, 0) is 14.3 Å². The molecule has 0 bridgehead atoms. The van der Waals surface area contributed by atoms with Crippen LogP contribution in [0.25, 0.3) is 11.8 Å². The third kappa shape index (κ3) is 4.86. The maximum atomic E-state index is 14.0. The lowest BCUT2D eigenvalue weighted by atomic mass is 9.96. The van der Waals surface area contributed by atoms with Crippen LogP contribution in [0.3, 0.4) is 0 Å². The summed E-state index contributed by atoms with van der Waals surface area (Å²) in [7, 11) is 1.37. The quantitative estimate of drug-likeness (QED) is 0.323. The molecule has 0 spiro atoms. The highest BCUT2D eigenvalue weighted by atomic mass is 32.1. The fourth-order valence-electron chi connectivity index (χ4n) is 5.38. The molecule has 0 N–H and O–H groups in total. The number of carbonyl (C=O) groups is 2. The first kappa shape index (κ1) is 28.0. The van der Waals surface area contributed by atoms with Gasteiger partial charge >= 0.3 is 11.9 Å². The number of aryl methyl sites for hydroxylation is 1. The number of carbonyl (C=O) groups excluding carboxylic acids is 2. The zero-order chi connectivity index (χ0) is 29.4. The van der Waals surface area contributed by atoms with E-state index in [2.05, 4.69) is 9.56 Å². The number of allylic oxidation sites excluding steroid dienone is 1. The van der Waals surface area contributed by atoms with Crippen molar-refractivity contribution in [3.8, 4) is 5.69 Å². The average molecular weight is 570 g/mol. The van der Waals surface area contributed by atoms with Gasteiger partial charge in [0.25, 0.3) is 5.56 Å². The van der Waals surface area contributed by atoms with Gasteiger partial charge in [0.1, 0.15) is 0 Å². The molecule has 0 aliphatic carbocycles. The predicted octanol–water partition coefficient (Wildman–Crippen LogP) is 4.30. The van der Waals surface area contributed by atoms with Gasteiger partial charge < -0.3 is 14.0 Å². The summed E-state index contributed by atoms with van der Waals surface area (Å²) in [6.07, 6.45) is 1.87. The van der Waals surface area contributed by atoms with E-state index in [0.29, 0.717) is 26.2 Å². The lowest BCUT2D eigenvalue weighted by Gasteiger charge is -2.24. The van der Waals surface area contributed by atoms with Gasteiger partial charge in [0.15, 0.2) is 4.80 Å². The van der Waals surface area contributed by atoms with Crippen molar-refractivity contribution in [1.29, 1.82) is 0 Å². The number of methoxy groups -OCH3 is 1. The molecule has 0 saturated heterocycles. The third-order valence-corrected chi connectivity index (χ3v) is 8.32. The Kier molecular flexibility index (Phi) is 7.64. The Balaban J connectivity index is 1.68. The summed E-state index contributed by atoms with van der Waals surface area (Å²) >= 11 is 1.29.